The normalized spacial score (nSPS) is 12.5. The standard InChI is InChI=1S/C19H26N2O3/c1-4-21(5-2)12-8-9-14(3)20-19(23)18-13-16(22)15-10-6-7-11-17(15)24-18/h6-7,10-11,13-14H,4-5,8-9,12H2,1-3H3,(H,20,23)/p+1/t14-/m0/s1. The first-order valence-corrected chi connectivity index (χ1v) is 8.72. The number of nitrogens with one attached hydrogen (secondary N) is 2. The maximum absolute atomic E-state index is 12.3. The van der Waals surface area contributed by atoms with Crippen molar-refractivity contribution < 1.29 is 14.1 Å². The van der Waals surface area contributed by atoms with Crippen LogP contribution in [0.3, 0.4) is 0 Å². The van der Waals surface area contributed by atoms with Crippen LogP contribution < -0.4 is 15.6 Å². The molecular weight excluding hydrogens is 304 g/mol. The molecule has 1 aromatic heterocycles. The van der Waals surface area contributed by atoms with E-state index in [0.717, 1.165) is 32.5 Å². The van der Waals surface area contributed by atoms with Gasteiger partial charge in [0, 0.05) is 12.1 Å². The maximum Gasteiger partial charge on any atom is 0.287 e. The lowest BCUT2D eigenvalue weighted by molar-refractivity contribution is -0.896. The molecule has 5 nitrogen and oxygen atoms in total. The number of hydrogen-bond donors (Lipinski definition) is 2. The second-order valence-corrected chi connectivity index (χ2v) is 6.19. The Labute approximate surface area is 142 Å². The predicted octanol–water partition coefficient (Wildman–Crippen LogP) is 1.62. The van der Waals surface area contributed by atoms with Crippen LogP contribution in [0.2, 0.25) is 0 Å². The Morgan fingerprint density at radius 2 is 1.96 bits per heavy atom. The summed E-state index contributed by atoms with van der Waals surface area (Å²) in [5.74, 6) is -0.263. The van der Waals surface area contributed by atoms with E-state index in [1.165, 1.54) is 6.07 Å². The van der Waals surface area contributed by atoms with Crippen molar-refractivity contribution in [2.24, 2.45) is 0 Å². The molecule has 0 aliphatic rings. The SMILES string of the molecule is CC[NH+](CC)CCC[C@H](C)NC(=O)c1cc(=O)c2ccccc2o1. The average Bonchev–Trinajstić information content (AvgIpc) is 2.58. The van der Waals surface area contributed by atoms with E-state index in [-0.39, 0.29) is 23.1 Å². The van der Waals surface area contributed by atoms with Crippen molar-refractivity contribution >= 4 is 16.9 Å². The number of rotatable bonds is 8. The number of fused-ring (bicyclic) bond motifs is 1. The van der Waals surface area contributed by atoms with Crippen molar-refractivity contribution in [1.29, 1.82) is 0 Å². The molecule has 2 N–H and O–H groups in total. The van der Waals surface area contributed by atoms with E-state index in [4.69, 9.17) is 4.42 Å². The zero-order valence-corrected chi connectivity index (χ0v) is 14.7. The van der Waals surface area contributed by atoms with E-state index >= 15 is 0 Å². The summed E-state index contributed by atoms with van der Waals surface area (Å²) in [4.78, 5) is 25.9. The number of quaternary nitrogens is 1. The second kappa shape index (κ2) is 8.64. The number of amides is 1. The molecule has 0 radical (unpaired) electrons. The van der Waals surface area contributed by atoms with Gasteiger partial charge in [-0.1, -0.05) is 12.1 Å². The Hall–Kier alpha value is -2.14. The molecule has 24 heavy (non-hydrogen) atoms. The summed E-state index contributed by atoms with van der Waals surface area (Å²) < 4.78 is 5.57. The molecule has 1 atom stereocenters. The van der Waals surface area contributed by atoms with Gasteiger partial charge in [0.25, 0.3) is 5.91 Å². The van der Waals surface area contributed by atoms with Crippen molar-refractivity contribution in [1.82, 2.24) is 5.32 Å². The van der Waals surface area contributed by atoms with Gasteiger partial charge in [-0.2, -0.15) is 0 Å². The van der Waals surface area contributed by atoms with Crippen molar-refractivity contribution in [3.8, 4) is 0 Å². The number of carbonyl (C=O) groups is 1. The molecule has 0 spiro atoms. The van der Waals surface area contributed by atoms with Gasteiger partial charge < -0.3 is 14.6 Å². The number of carbonyl (C=O) groups excluding carboxylic acids is 1. The fourth-order valence-electron chi connectivity index (χ4n) is 2.84. The highest BCUT2D eigenvalue weighted by atomic mass is 16.3. The summed E-state index contributed by atoms with van der Waals surface area (Å²) in [6, 6.07) is 8.27. The third-order valence-corrected chi connectivity index (χ3v) is 4.40. The lowest BCUT2D eigenvalue weighted by atomic mass is 10.1. The summed E-state index contributed by atoms with van der Waals surface area (Å²) in [5.41, 5.74) is 0.243. The molecule has 0 saturated heterocycles. The Morgan fingerprint density at radius 3 is 2.67 bits per heavy atom. The fourth-order valence-corrected chi connectivity index (χ4v) is 2.84. The van der Waals surface area contributed by atoms with E-state index in [1.54, 1.807) is 29.2 Å². The molecule has 5 heteroatoms. The van der Waals surface area contributed by atoms with E-state index in [9.17, 15) is 9.59 Å². The monoisotopic (exact) mass is 331 g/mol. The van der Waals surface area contributed by atoms with Crippen molar-refractivity contribution in [3.05, 3.63) is 46.3 Å². The lowest BCUT2D eigenvalue weighted by Gasteiger charge is -2.17. The van der Waals surface area contributed by atoms with Gasteiger partial charge in [-0.3, -0.25) is 9.59 Å². The third kappa shape index (κ3) is 4.68. The molecule has 130 valence electrons. The Bertz CT molecular complexity index is 735. The molecule has 0 aliphatic heterocycles. The molecule has 0 unspecified atom stereocenters. The van der Waals surface area contributed by atoms with Gasteiger partial charge in [0.2, 0.25) is 0 Å². The topological polar surface area (TPSA) is 63.8 Å². The molecule has 0 aliphatic carbocycles. The molecule has 0 fully saturated rings. The smallest absolute Gasteiger partial charge is 0.287 e. The summed E-state index contributed by atoms with van der Waals surface area (Å²) in [5, 5.41) is 3.41. The van der Waals surface area contributed by atoms with E-state index < -0.39 is 0 Å². The minimum absolute atomic E-state index is 0.0456. The van der Waals surface area contributed by atoms with Crippen molar-refractivity contribution in [2.45, 2.75) is 39.7 Å². The van der Waals surface area contributed by atoms with Crippen LogP contribution in [0.4, 0.5) is 0 Å². The summed E-state index contributed by atoms with van der Waals surface area (Å²) in [7, 11) is 0. The van der Waals surface area contributed by atoms with Gasteiger partial charge in [-0.05, 0) is 45.7 Å². The number of para-hydroxylation sites is 1. The molecule has 0 saturated carbocycles. The number of hydrogen-bond acceptors (Lipinski definition) is 3. The average molecular weight is 331 g/mol. The Balaban J connectivity index is 1.96. The third-order valence-electron chi connectivity index (χ3n) is 4.40. The molecule has 2 aromatic rings. The van der Waals surface area contributed by atoms with Gasteiger partial charge in [0.1, 0.15) is 5.58 Å². The molecular formula is C19H27N2O3+. The summed E-state index contributed by atoms with van der Waals surface area (Å²) in [6.45, 7) is 9.71. The zero-order valence-electron chi connectivity index (χ0n) is 14.7. The maximum atomic E-state index is 12.3. The largest absolute Gasteiger partial charge is 0.451 e. The fraction of sp³-hybridized carbons (Fsp3) is 0.474. The minimum atomic E-state index is -0.333. The molecule has 0 bridgehead atoms. The first-order valence-electron chi connectivity index (χ1n) is 8.72. The molecule has 2 rings (SSSR count). The van der Waals surface area contributed by atoms with Crippen molar-refractivity contribution in [3.63, 3.8) is 0 Å². The highest BCUT2D eigenvalue weighted by molar-refractivity contribution is 5.93. The van der Waals surface area contributed by atoms with Gasteiger partial charge >= 0.3 is 0 Å². The lowest BCUT2D eigenvalue weighted by Crippen LogP contribution is -3.11. The summed E-state index contributed by atoms with van der Waals surface area (Å²) >= 11 is 0. The molecule has 1 aromatic carbocycles. The zero-order chi connectivity index (χ0) is 17.5. The van der Waals surface area contributed by atoms with Crippen LogP contribution in [-0.4, -0.2) is 31.6 Å². The van der Waals surface area contributed by atoms with Gasteiger partial charge in [0.15, 0.2) is 11.2 Å². The van der Waals surface area contributed by atoms with Crippen LogP contribution in [0.25, 0.3) is 11.0 Å². The van der Waals surface area contributed by atoms with Crippen LogP contribution in [0.5, 0.6) is 0 Å². The Morgan fingerprint density at radius 1 is 1.25 bits per heavy atom. The molecule has 1 amide bonds. The van der Waals surface area contributed by atoms with Crippen LogP contribution in [-0.2, 0) is 0 Å². The summed E-state index contributed by atoms with van der Waals surface area (Å²) in [6.07, 6.45) is 1.97. The molecule has 1 heterocycles. The quantitative estimate of drug-likeness (QED) is 0.772. The number of benzene rings is 1. The van der Waals surface area contributed by atoms with Crippen LogP contribution >= 0.6 is 0 Å². The highest BCUT2D eigenvalue weighted by Crippen LogP contribution is 2.11. The first-order chi connectivity index (χ1) is 11.5. The van der Waals surface area contributed by atoms with Gasteiger partial charge in [0.05, 0.1) is 25.0 Å². The van der Waals surface area contributed by atoms with E-state index in [1.807, 2.05) is 6.92 Å². The van der Waals surface area contributed by atoms with E-state index in [0.29, 0.717) is 11.0 Å². The van der Waals surface area contributed by atoms with Crippen LogP contribution in [0, 0.1) is 0 Å². The van der Waals surface area contributed by atoms with Crippen LogP contribution in [0.1, 0.15) is 44.2 Å². The second-order valence-electron chi connectivity index (χ2n) is 6.19. The van der Waals surface area contributed by atoms with Crippen molar-refractivity contribution in [2.75, 3.05) is 19.6 Å². The van der Waals surface area contributed by atoms with E-state index in [2.05, 4.69) is 19.2 Å². The predicted molar refractivity (Wildman–Crippen MR) is 95.6 cm³/mol. The van der Waals surface area contributed by atoms with Gasteiger partial charge in [-0.25, -0.2) is 0 Å². The Kier molecular flexibility index (Phi) is 6.55. The van der Waals surface area contributed by atoms with Crippen LogP contribution in [0.15, 0.2) is 39.5 Å². The highest BCUT2D eigenvalue weighted by Gasteiger charge is 2.15. The van der Waals surface area contributed by atoms with Gasteiger partial charge in [-0.15, -0.1) is 0 Å². The minimum Gasteiger partial charge on any atom is -0.451 e. The first kappa shape index (κ1) is 18.2.